The number of hydrogen-bond acceptors (Lipinski definition) is 5. The summed E-state index contributed by atoms with van der Waals surface area (Å²) in [6, 6.07) is 8.36. The summed E-state index contributed by atoms with van der Waals surface area (Å²) in [6.07, 6.45) is 1.71. The number of carbonyl (C=O) groups excluding carboxylic acids is 1. The number of halogens is 2. The van der Waals surface area contributed by atoms with Crippen molar-refractivity contribution in [3.05, 3.63) is 60.1 Å². The van der Waals surface area contributed by atoms with Crippen molar-refractivity contribution < 1.29 is 27.5 Å². The summed E-state index contributed by atoms with van der Waals surface area (Å²) in [5, 5.41) is 2.77. The minimum atomic E-state index is -0.737. The Labute approximate surface area is 159 Å². The highest BCUT2D eigenvalue weighted by atomic mass is 19.1. The first kappa shape index (κ1) is 18.0. The quantitative estimate of drug-likeness (QED) is 0.719. The maximum atomic E-state index is 13.8. The average Bonchev–Trinajstić information content (AvgIpc) is 3.15. The fourth-order valence-electron chi connectivity index (χ4n) is 2.80. The summed E-state index contributed by atoms with van der Waals surface area (Å²) in [4.78, 5) is 16.2. The van der Waals surface area contributed by atoms with E-state index in [1.807, 2.05) is 0 Å². The van der Waals surface area contributed by atoms with Crippen LogP contribution in [0.4, 0.5) is 14.5 Å². The zero-order valence-corrected chi connectivity index (χ0v) is 14.7. The van der Waals surface area contributed by atoms with Crippen molar-refractivity contribution in [2.24, 2.45) is 0 Å². The summed E-state index contributed by atoms with van der Waals surface area (Å²) < 4.78 is 43.2. The predicted octanol–water partition coefficient (Wildman–Crippen LogP) is 3.96. The second-order valence-electron chi connectivity index (χ2n) is 6.15. The molecule has 8 heteroatoms. The number of benzene rings is 2. The number of aromatic nitrogens is 1. The lowest BCUT2D eigenvalue weighted by molar-refractivity contribution is -0.116. The van der Waals surface area contributed by atoms with Gasteiger partial charge in [-0.25, -0.2) is 13.8 Å². The third kappa shape index (κ3) is 3.95. The van der Waals surface area contributed by atoms with Crippen molar-refractivity contribution in [1.29, 1.82) is 0 Å². The highest BCUT2D eigenvalue weighted by Gasteiger charge is 2.15. The van der Waals surface area contributed by atoms with Crippen LogP contribution in [0.15, 0.2) is 47.0 Å². The van der Waals surface area contributed by atoms with Crippen molar-refractivity contribution in [3.63, 3.8) is 0 Å². The number of oxazole rings is 1. The van der Waals surface area contributed by atoms with E-state index in [-0.39, 0.29) is 36.0 Å². The number of ether oxygens (including phenoxy) is 2. The molecular formula is C20H16F2N2O4. The van der Waals surface area contributed by atoms with Gasteiger partial charge in [0.1, 0.15) is 24.8 Å². The first-order valence-electron chi connectivity index (χ1n) is 8.68. The van der Waals surface area contributed by atoms with Gasteiger partial charge in [0, 0.05) is 30.7 Å². The molecule has 0 bridgehead atoms. The molecule has 0 aliphatic carbocycles. The number of anilines is 1. The van der Waals surface area contributed by atoms with Crippen LogP contribution in [-0.2, 0) is 11.2 Å². The van der Waals surface area contributed by atoms with Crippen molar-refractivity contribution >= 4 is 11.6 Å². The Kier molecular flexibility index (Phi) is 4.92. The molecule has 4 rings (SSSR count). The van der Waals surface area contributed by atoms with Crippen LogP contribution < -0.4 is 14.8 Å². The molecule has 6 nitrogen and oxygen atoms in total. The number of fused-ring (bicyclic) bond motifs is 1. The fraction of sp³-hybridized carbons (Fsp3) is 0.200. The van der Waals surface area contributed by atoms with Crippen LogP contribution in [0.1, 0.15) is 12.3 Å². The van der Waals surface area contributed by atoms with E-state index in [4.69, 9.17) is 13.9 Å². The smallest absolute Gasteiger partial charge is 0.224 e. The van der Waals surface area contributed by atoms with E-state index < -0.39 is 11.6 Å². The molecule has 1 aromatic heterocycles. The fourth-order valence-corrected chi connectivity index (χ4v) is 2.80. The van der Waals surface area contributed by atoms with Crippen LogP contribution in [0.2, 0.25) is 0 Å². The second-order valence-corrected chi connectivity index (χ2v) is 6.15. The first-order chi connectivity index (χ1) is 13.6. The van der Waals surface area contributed by atoms with Gasteiger partial charge in [-0.1, -0.05) is 0 Å². The Bertz CT molecular complexity index is 1020. The standard InChI is InChI=1S/C20H16F2N2O4/c21-12-1-3-14(15(22)9-12)18-11-23-20(28-18)6-5-19(25)24-13-2-4-16-17(10-13)27-8-7-26-16/h1-4,9-11H,5-8H2,(H,24,25). The lowest BCUT2D eigenvalue weighted by atomic mass is 10.2. The van der Waals surface area contributed by atoms with E-state index in [9.17, 15) is 13.6 Å². The Balaban J connectivity index is 1.36. The summed E-state index contributed by atoms with van der Waals surface area (Å²) in [5.41, 5.74) is 0.705. The highest BCUT2D eigenvalue weighted by molar-refractivity contribution is 5.91. The lowest BCUT2D eigenvalue weighted by Gasteiger charge is -2.18. The third-order valence-corrected chi connectivity index (χ3v) is 4.14. The van der Waals surface area contributed by atoms with Crippen molar-refractivity contribution in [2.45, 2.75) is 12.8 Å². The molecule has 0 radical (unpaired) electrons. The predicted molar refractivity (Wildman–Crippen MR) is 96.2 cm³/mol. The Morgan fingerprint density at radius 2 is 1.89 bits per heavy atom. The molecular weight excluding hydrogens is 370 g/mol. The van der Waals surface area contributed by atoms with E-state index in [1.54, 1.807) is 18.2 Å². The first-order valence-corrected chi connectivity index (χ1v) is 8.68. The molecule has 1 N–H and O–H groups in total. The van der Waals surface area contributed by atoms with Crippen LogP contribution >= 0.6 is 0 Å². The topological polar surface area (TPSA) is 73.6 Å². The zero-order chi connectivity index (χ0) is 19.5. The molecule has 2 heterocycles. The molecule has 2 aromatic carbocycles. The van der Waals surface area contributed by atoms with Crippen LogP contribution in [0.3, 0.4) is 0 Å². The Morgan fingerprint density at radius 1 is 1.07 bits per heavy atom. The monoisotopic (exact) mass is 386 g/mol. The summed E-state index contributed by atoms with van der Waals surface area (Å²) in [7, 11) is 0. The number of nitrogens with zero attached hydrogens (tertiary/aromatic N) is 1. The second kappa shape index (κ2) is 7.67. The molecule has 0 saturated heterocycles. The van der Waals surface area contributed by atoms with E-state index >= 15 is 0 Å². The van der Waals surface area contributed by atoms with Crippen LogP contribution in [0, 0.1) is 11.6 Å². The summed E-state index contributed by atoms with van der Waals surface area (Å²) in [6.45, 7) is 0.963. The van der Waals surface area contributed by atoms with Gasteiger partial charge in [-0.3, -0.25) is 4.79 Å². The van der Waals surface area contributed by atoms with Gasteiger partial charge in [0.05, 0.1) is 11.8 Å². The summed E-state index contributed by atoms with van der Waals surface area (Å²) >= 11 is 0. The number of carbonyl (C=O) groups is 1. The maximum absolute atomic E-state index is 13.8. The van der Waals surface area contributed by atoms with Gasteiger partial charge >= 0.3 is 0 Å². The molecule has 1 amide bonds. The van der Waals surface area contributed by atoms with Crippen molar-refractivity contribution in [1.82, 2.24) is 4.98 Å². The number of aryl methyl sites for hydroxylation is 1. The highest BCUT2D eigenvalue weighted by Crippen LogP contribution is 2.32. The minimum Gasteiger partial charge on any atom is -0.486 e. The van der Waals surface area contributed by atoms with Gasteiger partial charge in [-0.2, -0.15) is 0 Å². The molecule has 3 aromatic rings. The minimum absolute atomic E-state index is 0.112. The number of rotatable bonds is 5. The largest absolute Gasteiger partial charge is 0.486 e. The molecule has 0 fully saturated rings. The van der Waals surface area contributed by atoms with Gasteiger partial charge in [-0.05, 0) is 24.3 Å². The molecule has 1 aliphatic rings. The molecule has 0 saturated carbocycles. The maximum Gasteiger partial charge on any atom is 0.224 e. The lowest BCUT2D eigenvalue weighted by Crippen LogP contribution is -2.16. The van der Waals surface area contributed by atoms with Gasteiger partial charge in [0.2, 0.25) is 5.91 Å². The van der Waals surface area contributed by atoms with Gasteiger partial charge in [-0.15, -0.1) is 0 Å². The van der Waals surface area contributed by atoms with Crippen LogP contribution in [0.25, 0.3) is 11.3 Å². The SMILES string of the molecule is O=C(CCc1ncc(-c2ccc(F)cc2F)o1)Nc1ccc2c(c1)OCCO2. The molecule has 28 heavy (non-hydrogen) atoms. The van der Waals surface area contributed by atoms with Crippen LogP contribution in [0.5, 0.6) is 11.5 Å². The van der Waals surface area contributed by atoms with Crippen LogP contribution in [-0.4, -0.2) is 24.1 Å². The molecule has 0 unspecified atom stereocenters. The molecule has 0 atom stereocenters. The number of nitrogens with one attached hydrogen (secondary N) is 1. The van der Waals surface area contributed by atoms with Crippen molar-refractivity contribution in [2.75, 3.05) is 18.5 Å². The molecule has 0 spiro atoms. The van der Waals surface area contributed by atoms with E-state index in [0.717, 1.165) is 12.1 Å². The zero-order valence-electron chi connectivity index (χ0n) is 14.7. The third-order valence-electron chi connectivity index (χ3n) is 4.14. The Morgan fingerprint density at radius 3 is 2.71 bits per heavy atom. The summed E-state index contributed by atoms with van der Waals surface area (Å²) in [5.74, 6) is 0.0587. The van der Waals surface area contributed by atoms with Crippen molar-refractivity contribution in [3.8, 4) is 22.8 Å². The molecule has 1 aliphatic heterocycles. The molecule has 144 valence electrons. The average molecular weight is 386 g/mol. The van der Waals surface area contributed by atoms with E-state index in [1.165, 1.54) is 12.3 Å². The Hall–Kier alpha value is -3.42. The van der Waals surface area contributed by atoms with Gasteiger partial charge < -0.3 is 19.2 Å². The van der Waals surface area contributed by atoms with Gasteiger partial charge in [0.15, 0.2) is 23.1 Å². The number of amides is 1. The van der Waals surface area contributed by atoms with Gasteiger partial charge in [0.25, 0.3) is 0 Å². The van der Waals surface area contributed by atoms with E-state index in [2.05, 4.69) is 10.3 Å². The normalized spacial score (nSPS) is 12.6. The van der Waals surface area contributed by atoms with E-state index in [0.29, 0.717) is 30.4 Å². The number of hydrogen-bond donors (Lipinski definition) is 1.